The Labute approximate surface area is 190 Å². The van der Waals surface area contributed by atoms with Gasteiger partial charge in [0, 0.05) is 18.7 Å². The molecule has 0 amide bonds. The lowest BCUT2D eigenvalue weighted by Gasteiger charge is -2.22. The molecule has 0 saturated carbocycles. The van der Waals surface area contributed by atoms with E-state index in [0.29, 0.717) is 11.4 Å². The van der Waals surface area contributed by atoms with E-state index < -0.39 is 11.6 Å². The normalized spacial score (nSPS) is 15.7. The summed E-state index contributed by atoms with van der Waals surface area (Å²) in [6.45, 7) is 2.69. The monoisotopic (exact) mass is 447 g/mol. The summed E-state index contributed by atoms with van der Waals surface area (Å²) < 4.78 is 36.5. The number of ether oxygens (including phenoxy) is 1. The molecule has 0 aliphatic carbocycles. The smallest absolute Gasteiger partial charge is 0.174 e. The lowest BCUT2D eigenvalue weighted by atomic mass is 9.91. The third-order valence-electron chi connectivity index (χ3n) is 5.86. The molecule has 1 aliphatic rings. The third kappa shape index (κ3) is 4.16. The topological polar surface area (TPSA) is 57.8 Å². The van der Waals surface area contributed by atoms with E-state index >= 15 is 0 Å². The highest BCUT2D eigenvalue weighted by molar-refractivity contribution is 5.69. The van der Waals surface area contributed by atoms with Crippen molar-refractivity contribution in [1.29, 1.82) is 0 Å². The molecule has 5 rings (SSSR count). The molecule has 1 unspecified atom stereocenters. The fourth-order valence-corrected chi connectivity index (χ4v) is 4.22. The molecule has 3 heterocycles. The van der Waals surface area contributed by atoms with Gasteiger partial charge in [0.15, 0.2) is 17.5 Å². The maximum Gasteiger partial charge on any atom is 0.174 e. The van der Waals surface area contributed by atoms with Crippen LogP contribution in [0, 0.1) is 18.6 Å². The summed E-state index contributed by atoms with van der Waals surface area (Å²) >= 11 is 0. The number of aromatic nitrogens is 5. The molecule has 0 fully saturated rings. The molecule has 1 aliphatic heterocycles. The second-order valence-corrected chi connectivity index (χ2v) is 8.11. The van der Waals surface area contributed by atoms with Crippen molar-refractivity contribution < 1.29 is 13.5 Å². The zero-order chi connectivity index (χ0) is 22.9. The minimum absolute atomic E-state index is 0.110. The van der Waals surface area contributed by atoms with Crippen molar-refractivity contribution in [1.82, 2.24) is 24.3 Å². The highest BCUT2D eigenvalue weighted by atomic mass is 19.2. The zero-order valence-corrected chi connectivity index (χ0v) is 18.4. The predicted octanol–water partition coefficient (Wildman–Crippen LogP) is 5.16. The minimum Gasteiger partial charge on any atom is -0.495 e. The molecular weight excluding hydrogens is 424 g/mol. The molecule has 0 saturated heterocycles. The van der Waals surface area contributed by atoms with Crippen LogP contribution in [0.5, 0.6) is 5.75 Å². The van der Waals surface area contributed by atoms with Crippen LogP contribution in [0.1, 0.15) is 47.2 Å². The van der Waals surface area contributed by atoms with Gasteiger partial charge in [-0.1, -0.05) is 18.2 Å². The fourth-order valence-electron chi connectivity index (χ4n) is 4.22. The van der Waals surface area contributed by atoms with Gasteiger partial charge in [-0.05, 0) is 61.2 Å². The van der Waals surface area contributed by atoms with Crippen molar-refractivity contribution in [3.63, 3.8) is 0 Å². The van der Waals surface area contributed by atoms with Gasteiger partial charge >= 0.3 is 0 Å². The Morgan fingerprint density at radius 3 is 2.73 bits per heavy atom. The molecule has 4 aromatic rings. The summed E-state index contributed by atoms with van der Waals surface area (Å²) in [6, 6.07) is 9.96. The lowest BCUT2D eigenvalue weighted by molar-refractivity contribution is 0.413. The molecular formula is C25H23F2N5O. The number of benzene rings is 2. The van der Waals surface area contributed by atoms with Crippen molar-refractivity contribution in [2.75, 3.05) is 7.11 Å². The van der Waals surface area contributed by atoms with Crippen LogP contribution in [0.3, 0.4) is 0 Å². The molecule has 2 aromatic heterocycles. The number of halogens is 2. The molecule has 2 aromatic carbocycles. The number of nitrogens with zero attached hydrogens (tertiary/aromatic N) is 5. The van der Waals surface area contributed by atoms with Crippen LogP contribution in [-0.4, -0.2) is 31.4 Å². The van der Waals surface area contributed by atoms with Gasteiger partial charge in [-0.15, -0.1) is 0 Å². The van der Waals surface area contributed by atoms with Gasteiger partial charge in [0.25, 0.3) is 0 Å². The first-order valence-corrected chi connectivity index (χ1v) is 10.8. The van der Waals surface area contributed by atoms with Gasteiger partial charge in [-0.2, -0.15) is 5.10 Å². The number of aryl methyl sites for hydroxylation is 2. The van der Waals surface area contributed by atoms with E-state index in [4.69, 9.17) is 9.72 Å². The molecule has 33 heavy (non-hydrogen) atoms. The summed E-state index contributed by atoms with van der Waals surface area (Å²) in [4.78, 5) is 8.96. The van der Waals surface area contributed by atoms with Gasteiger partial charge in [0.1, 0.15) is 11.6 Å². The van der Waals surface area contributed by atoms with Crippen LogP contribution >= 0.6 is 0 Å². The SMILES string of the molecule is COc1cc(C=Cc2nc3n(n2)CCCC3c2ccc(F)c(F)c2)ccc1-n1cnc(C)c1. The minimum atomic E-state index is -0.843. The summed E-state index contributed by atoms with van der Waals surface area (Å²) in [5.41, 5.74) is 3.49. The van der Waals surface area contributed by atoms with Crippen molar-refractivity contribution in [3.8, 4) is 11.4 Å². The molecule has 0 radical (unpaired) electrons. The van der Waals surface area contributed by atoms with E-state index in [9.17, 15) is 8.78 Å². The second-order valence-electron chi connectivity index (χ2n) is 8.11. The first-order chi connectivity index (χ1) is 16.0. The highest BCUT2D eigenvalue weighted by Gasteiger charge is 2.26. The molecule has 6 nitrogen and oxygen atoms in total. The maximum absolute atomic E-state index is 13.8. The van der Waals surface area contributed by atoms with E-state index in [1.807, 2.05) is 52.7 Å². The first kappa shape index (κ1) is 21.1. The number of fused-ring (bicyclic) bond motifs is 1. The van der Waals surface area contributed by atoms with Crippen LogP contribution in [0.2, 0.25) is 0 Å². The van der Waals surface area contributed by atoms with E-state index in [0.717, 1.165) is 47.9 Å². The van der Waals surface area contributed by atoms with Crippen LogP contribution < -0.4 is 4.74 Å². The van der Waals surface area contributed by atoms with Crippen LogP contribution in [0.25, 0.3) is 17.8 Å². The van der Waals surface area contributed by atoms with Crippen molar-refractivity contribution in [3.05, 3.63) is 89.0 Å². The second kappa shape index (κ2) is 8.61. The number of hydrogen-bond donors (Lipinski definition) is 0. The number of hydrogen-bond acceptors (Lipinski definition) is 4. The Hall–Kier alpha value is -3.81. The Morgan fingerprint density at radius 2 is 1.97 bits per heavy atom. The molecule has 0 spiro atoms. The first-order valence-electron chi connectivity index (χ1n) is 10.8. The average Bonchev–Trinajstić information content (AvgIpc) is 3.45. The van der Waals surface area contributed by atoms with Crippen molar-refractivity contribution in [2.45, 2.75) is 32.2 Å². The van der Waals surface area contributed by atoms with Gasteiger partial charge in [0.2, 0.25) is 0 Å². The van der Waals surface area contributed by atoms with Crippen LogP contribution in [0.4, 0.5) is 8.78 Å². The highest BCUT2D eigenvalue weighted by Crippen LogP contribution is 2.33. The largest absolute Gasteiger partial charge is 0.495 e. The quantitative estimate of drug-likeness (QED) is 0.424. The Bertz CT molecular complexity index is 1340. The summed E-state index contributed by atoms with van der Waals surface area (Å²) in [7, 11) is 1.64. The molecule has 0 bridgehead atoms. The van der Waals surface area contributed by atoms with Crippen molar-refractivity contribution >= 4 is 12.2 Å². The summed E-state index contributed by atoms with van der Waals surface area (Å²) in [5.74, 6) is 0.284. The standard InChI is InChI=1S/C25H23F2N5O/c1-16-14-31(15-28-16)22-9-5-17(12-23(22)33-2)6-10-24-29-25-19(4-3-11-32(25)30-24)18-7-8-20(26)21(27)13-18/h5-10,12-15,19H,3-4,11H2,1-2H3. The van der Waals surface area contributed by atoms with Gasteiger partial charge in [-0.3, -0.25) is 0 Å². The van der Waals surface area contributed by atoms with E-state index in [1.165, 1.54) is 12.1 Å². The molecule has 0 N–H and O–H groups in total. The summed E-state index contributed by atoms with van der Waals surface area (Å²) in [6.07, 6.45) is 9.19. The van der Waals surface area contributed by atoms with Gasteiger partial charge in [-0.25, -0.2) is 23.4 Å². The third-order valence-corrected chi connectivity index (χ3v) is 5.86. The zero-order valence-electron chi connectivity index (χ0n) is 18.4. The Kier molecular flexibility index (Phi) is 5.50. The van der Waals surface area contributed by atoms with Crippen LogP contribution in [0.15, 0.2) is 48.9 Å². The van der Waals surface area contributed by atoms with E-state index in [-0.39, 0.29) is 5.92 Å². The van der Waals surface area contributed by atoms with Crippen LogP contribution in [-0.2, 0) is 6.54 Å². The Morgan fingerprint density at radius 1 is 1.09 bits per heavy atom. The summed E-state index contributed by atoms with van der Waals surface area (Å²) in [5, 5.41) is 4.60. The average molecular weight is 447 g/mol. The Balaban J connectivity index is 1.41. The fraction of sp³-hybridized carbons (Fsp3) is 0.240. The number of imidazole rings is 1. The maximum atomic E-state index is 13.8. The molecule has 1 atom stereocenters. The van der Waals surface area contributed by atoms with Gasteiger partial charge < -0.3 is 9.30 Å². The van der Waals surface area contributed by atoms with Crippen molar-refractivity contribution in [2.24, 2.45) is 0 Å². The van der Waals surface area contributed by atoms with Gasteiger partial charge in [0.05, 0.1) is 24.8 Å². The molecule has 8 heteroatoms. The lowest BCUT2D eigenvalue weighted by Crippen LogP contribution is -2.18. The predicted molar refractivity (Wildman–Crippen MR) is 121 cm³/mol. The molecule has 168 valence electrons. The van der Waals surface area contributed by atoms with E-state index in [2.05, 4.69) is 10.1 Å². The number of methoxy groups -OCH3 is 1. The number of rotatable bonds is 5. The van der Waals surface area contributed by atoms with E-state index in [1.54, 1.807) is 19.5 Å².